The molecule has 1 N–H and O–H groups in total. The third-order valence-corrected chi connectivity index (χ3v) is 9.76. The van der Waals surface area contributed by atoms with E-state index in [1.165, 1.54) is 38.4 Å². The molecule has 0 aromatic rings. The number of ketones is 1. The van der Waals surface area contributed by atoms with Crippen molar-refractivity contribution in [3.8, 4) is 0 Å². The summed E-state index contributed by atoms with van der Waals surface area (Å²) < 4.78 is 4.63. The van der Waals surface area contributed by atoms with Crippen LogP contribution in [0.3, 0.4) is 0 Å². The van der Waals surface area contributed by atoms with Crippen molar-refractivity contribution in [2.75, 3.05) is 7.11 Å². The predicted molar refractivity (Wildman–Crippen MR) is 112 cm³/mol. The Morgan fingerprint density at radius 1 is 1.17 bits per heavy atom. The van der Waals surface area contributed by atoms with E-state index in [9.17, 15) is 14.7 Å². The summed E-state index contributed by atoms with van der Waals surface area (Å²) in [5, 5.41) is 10.2. The van der Waals surface area contributed by atoms with Crippen molar-refractivity contribution in [2.45, 2.75) is 84.7 Å². The third-order valence-electron chi connectivity index (χ3n) is 9.76. The molecule has 0 spiro atoms. The van der Waals surface area contributed by atoms with E-state index in [1.807, 2.05) is 0 Å². The van der Waals surface area contributed by atoms with Crippen LogP contribution in [0.5, 0.6) is 0 Å². The van der Waals surface area contributed by atoms with Crippen LogP contribution in [0.25, 0.3) is 0 Å². The molecule has 4 rings (SSSR count). The molecule has 0 radical (unpaired) electrons. The maximum absolute atomic E-state index is 12.2. The summed E-state index contributed by atoms with van der Waals surface area (Å²) in [5.74, 6) is 1.84. The van der Waals surface area contributed by atoms with Gasteiger partial charge in [0.2, 0.25) is 5.78 Å². The van der Waals surface area contributed by atoms with Gasteiger partial charge in [-0.25, -0.2) is 4.79 Å². The molecule has 4 aliphatic carbocycles. The highest BCUT2D eigenvalue weighted by atomic mass is 16.5. The molecular weight excluding hydrogens is 364 g/mol. The molecule has 4 aliphatic rings. The molecule has 0 amide bonds. The van der Waals surface area contributed by atoms with Gasteiger partial charge in [-0.1, -0.05) is 32.4 Å². The zero-order valence-electron chi connectivity index (χ0n) is 18.6. The summed E-state index contributed by atoms with van der Waals surface area (Å²) in [6.07, 6.45) is 11.6. The minimum absolute atomic E-state index is 0.149. The van der Waals surface area contributed by atoms with Gasteiger partial charge in [-0.3, -0.25) is 4.79 Å². The van der Waals surface area contributed by atoms with Crippen LogP contribution in [0.4, 0.5) is 0 Å². The summed E-state index contributed by atoms with van der Waals surface area (Å²) in [5.41, 5.74) is 2.06. The van der Waals surface area contributed by atoms with E-state index in [-0.39, 0.29) is 28.6 Å². The quantitative estimate of drug-likeness (QED) is 0.421. The Morgan fingerprint density at radius 2 is 1.93 bits per heavy atom. The molecule has 4 heteroatoms. The number of carbonyl (C=O) groups excluding carboxylic acids is 2. The molecule has 4 nitrogen and oxygen atoms in total. The molecule has 29 heavy (non-hydrogen) atoms. The highest BCUT2D eigenvalue weighted by Crippen LogP contribution is 2.67. The van der Waals surface area contributed by atoms with E-state index in [0.717, 1.165) is 37.5 Å². The number of esters is 1. The lowest BCUT2D eigenvalue weighted by Gasteiger charge is -2.58. The van der Waals surface area contributed by atoms with Crippen molar-refractivity contribution in [1.82, 2.24) is 0 Å². The van der Waals surface area contributed by atoms with E-state index in [0.29, 0.717) is 18.3 Å². The first kappa shape index (κ1) is 21.1. The van der Waals surface area contributed by atoms with Crippen LogP contribution in [-0.2, 0) is 14.3 Å². The maximum Gasteiger partial charge on any atom is 0.374 e. The zero-order valence-corrected chi connectivity index (χ0v) is 18.6. The number of aliphatic hydroxyl groups is 1. The minimum atomic E-state index is -0.697. The Labute approximate surface area is 175 Å². The molecule has 0 aromatic carbocycles. The van der Waals surface area contributed by atoms with Gasteiger partial charge < -0.3 is 9.84 Å². The Kier molecular flexibility index (Phi) is 5.46. The second-order valence-corrected chi connectivity index (χ2v) is 11.0. The number of allylic oxidation sites excluding steroid dienone is 1. The summed E-state index contributed by atoms with van der Waals surface area (Å²) in [7, 11) is 1.29. The molecule has 0 saturated heterocycles. The number of aliphatic hydroxyl groups excluding tert-OH is 1. The normalized spacial score (nSPS) is 44.7. The lowest BCUT2D eigenvalue weighted by molar-refractivity contribution is -0.152. The summed E-state index contributed by atoms with van der Waals surface area (Å²) in [6.45, 7) is 7.10. The van der Waals surface area contributed by atoms with Gasteiger partial charge >= 0.3 is 5.97 Å². The number of hydrogen-bond donors (Lipinski definition) is 1. The number of ether oxygens (including phenoxy) is 1. The number of fused-ring (bicyclic) bond motifs is 5. The molecule has 0 aliphatic heterocycles. The van der Waals surface area contributed by atoms with Gasteiger partial charge in [0.15, 0.2) is 0 Å². The van der Waals surface area contributed by atoms with Gasteiger partial charge in [0.1, 0.15) is 0 Å². The summed E-state index contributed by atoms with van der Waals surface area (Å²) in [6, 6.07) is 0. The Hall–Kier alpha value is -1.16. The van der Waals surface area contributed by atoms with Crippen LogP contribution < -0.4 is 0 Å². The van der Waals surface area contributed by atoms with E-state index < -0.39 is 5.97 Å². The average molecular weight is 403 g/mol. The minimum Gasteiger partial charge on any atom is -0.463 e. The van der Waals surface area contributed by atoms with Gasteiger partial charge in [0.05, 0.1) is 13.2 Å². The number of hydrogen-bond acceptors (Lipinski definition) is 4. The van der Waals surface area contributed by atoms with Crippen LogP contribution >= 0.6 is 0 Å². The summed E-state index contributed by atoms with van der Waals surface area (Å²) >= 11 is 0. The third kappa shape index (κ3) is 3.30. The van der Waals surface area contributed by atoms with E-state index in [2.05, 4.69) is 31.6 Å². The molecule has 0 aromatic heterocycles. The number of carbonyl (C=O) groups is 2. The van der Waals surface area contributed by atoms with Gasteiger partial charge in [-0.2, -0.15) is 0 Å². The van der Waals surface area contributed by atoms with Crippen LogP contribution in [0.2, 0.25) is 0 Å². The predicted octanol–water partition coefficient (Wildman–Crippen LogP) is 4.69. The second kappa shape index (κ2) is 7.51. The molecule has 3 saturated carbocycles. The molecule has 0 bridgehead atoms. The van der Waals surface area contributed by atoms with Gasteiger partial charge in [0, 0.05) is 6.42 Å². The van der Waals surface area contributed by atoms with Gasteiger partial charge in [0.25, 0.3) is 0 Å². The van der Waals surface area contributed by atoms with Crippen LogP contribution in [0.1, 0.15) is 78.6 Å². The Balaban J connectivity index is 1.53. The lowest BCUT2D eigenvalue weighted by Crippen LogP contribution is -2.50. The first-order valence-corrected chi connectivity index (χ1v) is 11.7. The number of methoxy groups -OCH3 is 1. The van der Waals surface area contributed by atoms with Crippen molar-refractivity contribution in [3.63, 3.8) is 0 Å². The van der Waals surface area contributed by atoms with Crippen molar-refractivity contribution < 1.29 is 19.4 Å². The summed E-state index contributed by atoms with van der Waals surface area (Å²) in [4.78, 5) is 23.8. The zero-order chi connectivity index (χ0) is 21.0. The number of rotatable bonds is 4. The van der Waals surface area contributed by atoms with E-state index in [4.69, 9.17) is 0 Å². The monoisotopic (exact) mass is 402 g/mol. The van der Waals surface area contributed by atoms with Crippen molar-refractivity contribution in [1.29, 1.82) is 0 Å². The fourth-order valence-electron chi connectivity index (χ4n) is 8.25. The van der Waals surface area contributed by atoms with Crippen molar-refractivity contribution in [3.05, 3.63) is 11.6 Å². The highest BCUT2D eigenvalue weighted by Gasteiger charge is 2.59. The molecule has 162 valence electrons. The average Bonchev–Trinajstić information content (AvgIpc) is 3.05. The van der Waals surface area contributed by atoms with Gasteiger partial charge in [-0.15, -0.1) is 0 Å². The SMILES string of the molecule is COC(=O)C(=O)C[C@@H](C)[C@H]1CC[C@H]2[C@@H]3CC=C4C[C@@H](O)CC[C@]4(C)[C@H]3CC[C@]12C. The highest BCUT2D eigenvalue weighted by molar-refractivity contribution is 6.33. The lowest BCUT2D eigenvalue weighted by atomic mass is 9.47. The second-order valence-electron chi connectivity index (χ2n) is 11.0. The molecule has 3 fully saturated rings. The first-order chi connectivity index (χ1) is 13.7. The molecule has 0 unspecified atom stereocenters. The van der Waals surface area contributed by atoms with E-state index in [1.54, 1.807) is 0 Å². The molecule has 0 heterocycles. The fourth-order valence-corrected chi connectivity index (χ4v) is 8.25. The maximum atomic E-state index is 12.2. The van der Waals surface area contributed by atoms with Crippen LogP contribution in [0.15, 0.2) is 11.6 Å². The molecular formula is C25H38O4. The number of Topliss-reactive ketones (excluding diaryl/α,β-unsaturated/α-hetero) is 1. The van der Waals surface area contributed by atoms with Crippen molar-refractivity contribution in [2.24, 2.45) is 40.4 Å². The van der Waals surface area contributed by atoms with Gasteiger partial charge in [-0.05, 0) is 91.8 Å². The fraction of sp³-hybridized carbons (Fsp3) is 0.840. The van der Waals surface area contributed by atoms with Crippen molar-refractivity contribution >= 4 is 11.8 Å². The largest absolute Gasteiger partial charge is 0.463 e. The van der Waals surface area contributed by atoms with Crippen LogP contribution in [-0.4, -0.2) is 30.1 Å². The first-order valence-electron chi connectivity index (χ1n) is 11.7. The topological polar surface area (TPSA) is 63.6 Å². The smallest absolute Gasteiger partial charge is 0.374 e. The Bertz CT molecular complexity index is 712. The Morgan fingerprint density at radius 3 is 2.66 bits per heavy atom. The molecule has 8 atom stereocenters. The van der Waals surface area contributed by atoms with E-state index >= 15 is 0 Å². The van der Waals surface area contributed by atoms with Crippen LogP contribution in [0, 0.1) is 40.4 Å². The standard InChI is InChI=1S/C25H38O4/c1-15(13-22(27)23(28)29-4)19-7-8-20-18-6-5-16-14-17(26)9-11-24(16,2)21(18)10-12-25(19,20)3/h5,15,17-21,26H,6-14H2,1-4H3/t15-,17+,18+,19-,20+,21+,24+,25-/m1/s1.